The van der Waals surface area contributed by atoms with Gasteiger partial charge in [0.25, 0.3) is 0 Å². The van der Waals surface area contributed by atoms with Gasteiger partial charge in [0, 0.05) is 12.5 Å². The minimum atomic E-state index is -0.247. The number of benzene rings is 2. The van der Waals surface area contributed by atoms with Gasteiger partial charge in [0.1, 0.15) is 5.82 Å². The molecule has 3 heterocycles. The monoisotopic (exact) mass is 397 g/mol. The first kappa shape index (κ1) is 18.3. The van der Waals surface area contributed by atoms with Crippen molar-refractivity contribution in [2.45, 2.75) is 18.4 Å². The molecule has 0 bridgehead atoms. The summed E-state index contributed by atoms with van der Waals surface area (Å²) in [6.45, 7) is 1.63. The van der Waals surface area contributed by atoms with E-state index in [1.807, 2.05) is 48.9 Å². The standard InChI is InChI=1S/C24H20FN5/c25-19-6-4-17(5-7-19)21-12-22(18-3-1-2-16(10-18)13-26)29-23-11-20(14-28-24(21)23)30-9-8-27-15-30/h1-7,10-11,14-15,21-22,29H,8-9,12H2. The molecule has 148 valence electrons. The Kier molecular flexibility index (Phi) is 4.64. The number of pyridine rings is 1. The van der Waals surface area contributed by atoms with E-state index in [0.29, 0.717) is 5.56 Å². The number of anilines is 2. The Balaban J connectivity index is 1.57. The van der Waals surface area contributed by atoms with E-state index < -0.39 is 0 Å². The first-order valence-corrected chi connectivity index (χ1v) is 10.00. The topological polar surface area (TPSA) is 64.3 Å². The van der Waals surface area contributed by atoms with Crippen LogP contribution in [-0.2, 0) is 0 Å². The molecule has 30 heavy (non-hydrogen) atoms. The maximum Gasteiger partial charge on any atom is 0.123 e. The zero-order valence-electron chi connectivity index (χ0n) is 16.3. The average molecular weight is 397 g/mol. The number of halogens is 1. The number of nitriles is 1. The Morgan fingerprint density at radius 2 is 1.97 bits per heavy atom. The Morgan fingerprint density at radius 3 is 2.73 bits per heavy atom. The number of rotatable bonds is 3. The summed E-state index contributed by atoms with van der Waals surface area (Å²) in [5.41, 5.74) is 5.63. The smallest absolute Gasteiger partial charge is 0.123 e. The van der Waals surface area contributed by atoms with Gasteiger partial charge in [0.05, 0.1) is 53.8 Å². The van der Waals surface area contributed by atoms with Crippen LogP contribution in [0.2, 0.25) is 0 Å². The fourth-order valence-corrected chi connectivity index (χ4v) is 4.22. The van der Waals surface area contributed by atoms with Gasteiger partial charge in [-0.05, 0) is 47.9 Å². The van der Waals surface area contributed by atoms with Crippen molar-refractivity contribution in [2.24, 2.45) is 4.99 Å². The molecule has 5 rings (SSSR count). The quantitative estimate of drug-likeness (QED) is 0.700. The molecule has 2 atom stereocenters. The number of nitrogens with one attached hydrogen (secondary N) is 1. The fraction of sp³-hybridized carbons (Fsp3) is 0.208. The van der Waals surface area contributed by atoms with Gasteiger partial charge >= 0.3 is 0 Å². The number of fused-ring (bicyclic) bond motifs is 1. The van der Waals surface area contributed by atoms with E-state index in [4.69, 9.17) is 4.98 Å². The molecule has 0 spiro atoms. The highest BCUT2D eigenvalue weighted by Gasteiger charge is 2.30. The third kappa shape index (κ3) is 3.39. The second kappa shape index (κ2) is 7.60. The van der Waals surface area contributed by atoms with Crippen LogP contribution < -0.4 is 10.2 Å². The molecular weight excluding hydrogens is 377 g/mol. The Morgan fingerprint density at radius 1 is 1.10 bits per heavy atom. The van der Waals surface area contributed by atoms with E-state index in [1.165, 1.54) is 12.1 Å². The highest BCUT2D eigenvalue weighted by Crippen LogP contribution is 2.43. The van der Waals surface area contributed by atoms with Crippen molar-refractivity contribution in [3.8, 4) is 6.07 Å². The highest BCUT2D eigenvalue weighted by atomic mass is 19.1. The van der Waals surface area contributed by atoms with Gasteiger partial charge < -0.3 is 10.2 Å². The molecule has 5 nitrogen and oxygen atoms in total. The first-order chi connectivity index (χ1) is 14.7. The minimum Gasteiger partial charge on any atom is -0.377 e. The van der Waals surface area contributed by atoms with Crippen LogP contribution >= 0.6 is 0 Å². The van der Waals surface area contributed by atoms with E-state index in [1.54, 1.807) is 0 Å². The molecule has 0 saturated carbocycles. The summed E-state index contributed by atoms with van der Waals surface area (Å²) in [7, 11) is 0. The number of nitrogens with zero attached hydrogens (tertiary/aromatic N) is 4. The lowest BCUT2D eigenvalue weighted by Crippen LogP contribution is -2.25. The van der Waals surface area contributed by atoms with E-state index in [0.717, 1.165) is 47.7 Å². The zero-order chi connectivity index (χ0) is 20.5. The summed E-state index contributed by atoms with van der Waals surface area (Å²) >= 11 is 0. The number of aromatic nitrogens is 1. The second-order valence-electron chi connectivity index (χ2n) is 7.62. The van der Waals surface area contributed by atoms with Crippen LogP contribution in [0.3, 0.4) is 0 Å². The van der Waals surface area contributed by atoms with Gasteiger partial charge in [0.2, 0.25) is 0 Å². The van der Waals surface area contributed by atoms with Crippen molar-refractivity contribution in [3.63, 3.8) is 0 Å². The predicted molar refractivity (Wildman–Crippen MR) is 115 cm³/mol. The molecule has 0 fully saturated rings. The van der Waals surface area contributed by atoms with Crippen LogP contribution in [0.5, 0.6) is 0 Å². The lowest BCUT2D eigenvalue weighted by molar-refractivity contribution is 0.586. The SMILES string of the molecule is N#Cc1cccc(C2CC(c3ccc(F)cc3)c3ncc(N4C=NCC4)cc3N2)c1. The Bertz CT molecular complexity index is 1150. The summed E-state index contributed by atoms with van der Waals surface area (Å²) in [6.07, 6.45) is 4.49. The van der Waals surface area contributed by atoms with Gasteiger partial charge in [-0.1, -0.05) is 24.3 Å². The molecule has 1 aromatic heterocycles. The Hall–Kier alpha value is -3.72. The second-order valence-corrected chi connectivity index (χ2v) is 7.62. The molecule has 2 aliphatic rings. The van der Waals surface area contributed by atoms with Gasteiger partial charge in [-0.3, -0.25) is 9.98 Å². The molecule has 2 aliphatic heterocycles. The van der Waals surface area contributed by atoms with E-state index in [2.05, 4.69) is 27.3 Å². The van der Waals surface area contributed by atoms with Gasteiger partial charge in [-0.15, -0.1) is 0 Å². The van der Waals surface area contributed by atoms with Gasteiger partial charge in [-0.2, -0.15) is 5.26 Å². The molecule has 0 saturated heterocycles. The third-order valence-corrected chi connectivity index (χ3v) is 5.75. The molecule has 0 radical (unpaired) electrons. The molecule has 1 N–H and O–H groups in total. The number of hydrogen-bond donors (Lipinski definition) is 1. The molecule has 3 aromatic rings. The van der Waals surface area contributed by atoms with Crippen LogP contribution in [0, 0.1) is 17.1 Å². The summed E-state index contributed by atoms with van der Waals surface area (Å²) in [5, 5.41) is 12.9. The summed E-state index contributed by atoms with van der Waals surface area (Å²) in [6, 6.07) is 18.7. The van der Waals surface area contributed by atoms with Crippen molar-refractivity contribution in [1.82, 2.24) is 4.98 Å². The van der Waals surface area contributed by atoms with E-state index >= 15 is 0 Å². The molecular formula is C24H20FN5. The molecule has 0 aliphatic carbocycles. The first-order valence-electron chi connectivity index (χ1n) is 10.00. The van der Waals surface area contributed by atoms with Crippen molar-refractivity contribution >= 4 is 17.7 Å². The van der Waals surface area contributed by atoms with Crippen LogP contribution in [0.25, 0.3) is 0 Å². The lowest BCUT2D eigenvalue weighted by Gasteiger charge is -2.34. The number of hydrogen-bond acceptors (Lipinski definition) is 5. The molecule has 2 aromatic carbocycles. The fourth-order valence-electron chi connectivity index (χ4n) is 4.22. The number of aliphatic imine (C=N–C) groups is 1. The normalized spacial score (nSPS) is 19.8. The Labute approximate surface area is 174 Å². The zero-order valence-corrected chi connectivity index (χ0v) is 16.3. The lowest BCUT2D eigenvalue weighted by atomic mass is 9.82. The predicted octanol–water partition coefficient (Wildman–Crippen LogP) is 4.63. The third-order valence-electron chi connectivity index (χ3n) is 5.75. The van der Waals surface area contributed by atoms with Crippen LogP contribution in [-0.4, -0.2) is 24.4 Å². The summed E-state index contributed by atoms with van der Waals surface area (Å²) in [5.74, 6) is -0.221. The summed E-state index contributed by atoms with van der Waals surface area (Å²) < 4.78 is 13.5. The maximum atomic E-state index is 13.5. The van der Waals surface area contributed by atoms with Crippen molar-refractivity contribution in [1.29, 1.82) is 5.26 Å². The van der Waals surface area contributed by atoms with Gasteiger partial charge in [-0.25, -0.2) is 4.39 Å². The molecule has 0 amide bonds. The largest absolute Gasteiger partial charge is 0.377 e. The van der Waals surface area contributed by atoms with E-state index in [-0.39, 0.29) is 17.8 Å². The van der Waals surface area contributed by atoms with Crippen molar-refractivity contribution < 1.29 is 4.39 Å². The van der Waals surface area contributed by atoms with Crippen LogP contribution in [0.15, 0.2) is 65.8 Å². The minimum absolute atomic E-state index is 0.0187. The van der Waals surface area contributed by atoms with Crippen LogP contribution in [0.4, 0.5) is 15.8 Å². The van der Waals surface area contributed by atoms with E-state index in [9.17, 15) is 9.65 Å². The molecule has 6 heteroatoms. The van der Waals surface area contributed by atoms with Crippen molar-refractivity contribution in [3.05, 3.63) is 89.0 Å². The molecule has 2 unspecified atom stereocenters. The average Bonchev–Trinajstić information content (AvgIpc) is 3.33. The maximum absolute atomic E-state index is 13.5. The van der Waals surface area contributed by atoms with Crippen molar-refractivity contribution in [2.75, 3.05) is 23.3 Å². The van der Waals surface area contributed by atoms with Crippen LogP contribution in [0.1, 0.15) is 40.8 Å². The van der Waals surface area contributed by atoms with Gasteiger partial charge in [0.15, 0.2) is 0 Å². The summed E-state index contributed by atoms with van der Waals surface area (Å²) in [4.78, 5) is 11.2. The highest BCUT2D eigenvalue weighted by molar-refractivity contribution is 5.82.